The van der Waals surface area contributed by atoms with Gasteiger partial charge in [0.05, 0.1) is 0 Å². The lowest BCUT2D eigenvalue weighted by Gasteiger charge is -1.96. The number of nitrogens with zero attached hydrogens (tertiary/aromatic N) is 2. The van der Waals surface area contributed by atoms with E-state index in [0.717, 1.165) is 24.5 Å². The van der Waals surface area contributed by atoms with Gasteiger partial charge in [-0.1, -0.05) is 10.2 Å². The third-order valence-electron chi connectivity index (χ3n) is 0.749. The molecule has 0 aromatic rings. The molecule has 0 bridgehead atoms. The third-order valence-corrected chi connectivity index (χ3v) is 1.53. The van der Waals surface area contributed by atoms with Gasteiger partial charge >= 0.3 is 12.2 Å². The minimum absolute atomic E-state index is 0.0676. The lowest BCUT2D eigenvalue weighted by Crippen LogP contribution is -2.10. The number of hydrogen-bond acceptors (Lipinski definition) is 9. The van der Waals surface area contributed by atoms with E-state index in [9.17, 15) is 0 Å². The van der Waals surface area contributed by atoms with Crippen LogP contribution in [0.1, 0.15) is 0 Å². The highest BCUT2D eigenvalue weighted by Gasteiger charge is 2.18. The summed E-state index contributed by atoms with van der Waals surface area (Å²) in [6.45, 7) is 0. The molecule has 2 aliphatic heterocycles. The predicted octanol–water partition coefficient (Wildman–Crippen LogP) is -0.0890. The molecule has 2 aliphatic rings. The van der Waals surface area contributed by atoms with Crippen molar-refractivity contribution in [3.05, 3.63) is 0 Å². The van der Waals surface area contributed by atoms with Crippen molar-refractivity contribution in [2.75, 3.05) is 0 Å². The van der Waals surface area contributed by atoms with E-state index in [2.05, 4.69) is 19.9 Å². The topological polar surface area (TPSA) is 76.5 Å². The maximum Gasteiger partial charge on any atom is 0.429 e. The van der Waals surface area contributed by atoms with Gasteiger partial charge in [0.1, 0.15) is 0 Å². The Morgan fingerprint density at radius 3 is 2.00 bits per heavy atom. The first-order valence-electron chi connectivity index (χ1n) is 2.45. The summed E-state index contributed by atoms with van der Waals surface area (Å²) in [6, 6.07) is 0. The van der Waals surface area contributed by atoms with Crippen LogP contribution in [0.25, 0.3) is 0 Å². The Balaban J connectivity index is 1.89. The summed E-state index contributed by atoms with van der Waals surface area (Å²) in [5.74, 6) is 0. The van der Waals surface area contributed by atoms with Crippen LogP contribution in [-0.2, 0) is 13.1 Å². The molecule has 7 nitrogen and oxygen atoms in total. The van der Waals surface area contributed by atoms with Crippen LogP contribution in [0.2, 0.25) is 0 Å². The molecule has 0 radical (unpaired) electrons. The van der Waals surface area contributed by atoms with E-state index < -0.39 is 0 Å². The highest BCUT2D eigenvalue weighted by atomic mass is 32.2. The first-order chi connectivity index (χ1) is 5.45. The molecule has 0 saturated carbocycles. The highest BCUT2D eigenvalue weighted by Crippen LogP contribution is 2.11. The van der Waals surface area contributed by atoms with Crippen molar-refractivity contribution >= 4 is 36.6 Å². The molecule has 0 unspecified atom stereocenters. The van der Waals surface area contributed by atoms with Crippen molar-refractivity contribution in [3.63, 3.8) is 0 Å². The second-order valence-electron chi connectivity index (χ2n) is 1.37. The lowest BCUT2D eigenvalue weighted by atomic mass is 11.2. The summed E-state index contributed by atoms with van der Waals surface area (Å²) in [5, 5.41) is 7.17. The molecule has 0 amide bonds. The second-order valence-corrected chi connectivity index (χ2v) is 2.41. The van der Waals surface area contributed by atoms with Crippen molar-refractivity contribution < 1.29 is 13.1 Å². The summed E-state index contributed by atoms with van der Waals surface area (Å²) in [5.41, 5.74) is 0. The third kappa shape index (κ3) is 1.54. The van der Waals surface area contributed by atoms with Crippen LogP contribution in [0.4, 0.5) is 0 Å². The zero-order valence-corrected chi connectivity index (χ0v) is 6.57. The van der Waals surface area contributed by atoms with Gasteiger partial charge in [-0.25, -0.2) is 9.66 Å². The SMILES string of the molecule is N1=C(OC2=NNSO2)OSN1. The Hall–Kier alpha value is -0.960. The fourth-order valence-corrected chi connectivity index (χ4v) is 0.995. The number of ether oxygens (including phenoxy) is 1. The van der Waals surface area contributed by atoms with Gasteiger partial charge in [-0.2, -0.15) is 0 Å². The van der Waals surface area contributed by atoms with Crippen LogP contribution in [-0.4, -0.2) is 12.2 Å². The molecule has 0 aromatic heterocycles. The maximum absolute atomic E-state index is 4.86. The van der Waals surface area contributed by atoms with Gasteiger partial charge in [-0.05, 0) is 0 Å². The standard InChI is InChI=1S/C2H2N4O3S2/c3-1(8-10-5-3)7-2-4-6-11-9-2/h5-6H. The number of nitrogens with one attached hydrogen (secondary N) is 2. The lowest BCUT2D eigenvalue weighted by molar-refractivity contribution is 0.353. The van der Waals surface area contributed by atoms with Crippen molar-refractivity contribution in [3.8, 4) is 0 Å². The van der Waals surface area contributed by atoms with Gasteiger partial charge in [0.15, 0.2) is 24.5 Å². The molecule has 9 heteroatoms. The van der Waals surface area contributed by atoms with E-state index in [1.807, 2.05) is 0 Å². The van der Waals surface area contributed by atoms with E-state index in [-0.39, 0.29) is 12.2 Å². The average molecular weight is 194 g/mol. The van der Waals surface area contributed by atoms with Crippen LogP contribution in [0, 0.1) is 0 Å². The van der Waals surface area contributed by atoms with Gasteiger partial charge < -0.3 is 13.1 Å². The van der Waals surface area contributed by atoms with E-state index >= 15 is 0 Å². The number of rotatable bonds is 0. The Kier molecular flexibility index (Phi) is 1.81. The molecule has 2 rings (SSSR count). The van der Waals surface area contributed by atoms with Gasteiger partial charge in [0.2, 0.25) is 0 Å². The van der Waals surface area contributed by atoms with E-state index in [0.29, 0.717) is 0 Å². The van der Waals surface area contributed by atoms with Gasteiger partial charge in [-0.15, -0.1) is 0 Å². The number of hydrazone groups is 2. The summed E-state index contributed by atoms with van der Waals surface area (Å²) in [4.78, 5) is 4.93. The summed E-state index contributed by atoms with van der Waals surface area (Å²) in [6.07, 6.45) is 0.135. The second kappa shape index (κ2) is 2.96. The highest BCUT2D eigenvalue weighted by molar-refractivity contribution is 7.93. The Morgan fingerprint density at radius 2 is 1.64 bits per heavy atom. The first kappa shape index (κ1) is 6.73. The number of hydrogen-bond donors (Lipinski definition) is 2. The van der Waals surface area contributed by atoms with Crippen molar-refractivity contribution in [1.29, 1.82) is 0 Å². The van der Waals surface area contributed by atoms with Gasteiger partial charge in [0, 0.05) is 0 Å². The molecule has 2 heterocycles. The molecular weight excluding hydrogens is 192 g/mol. The summed E-state index contributed by atoms with van der Waals surface area (Å²) < 4.78 is 14.4. The fraction of sp³-hybridized carbons (Fsp3) is 0. The molecule has 0 saturated heterocycles. The van der Waals surface area contributed by atoms with Gasteiger partial charge in [0.25, 0.3) is 0 Å². The molecule has 2 N–H and O–H groups in total. The molecular formula is C2H2N4O3S2. The monoisotopic (exact) mass is 194 g/mol. The minimum Gasteiger partial charge on any atom is -0.358 e. The normalized spacial score (nSPS) is 20.4. The molecule has 0 atom stereocenters. The van der Waals surface area contributed by atoms with Crippen LogP contribution in [0.15, 0.2) is 10.2 Å². The first-order valence-corrected chi connectivity index (χ1v) is 3.94. The smallest absolute Gasteiger partial charge is 0.358 e. The largest absolute Gasteiger partial charge is 0.429 e. The Labute approximate surface area is 70.2 Å². The quantitative estimate of drug-likeness (QED) is 0.412. The van der Waals surface area contributed by atoms with Gasteiger partial charge in [-0.3, -0.25) is 0 Å². The van der Waals surface area contributed by atoms with Crippen LogP contribution >= 0.6 is 24.5 Å². The maximum atomic E-state index is 4.86. The van der Waals surface area contributed by atoms with E-state index in [1.165, 1.54) is 0 Å². The summed E-state index contributed by atoms with van der Waals surface area (Å²) in [7, 11) is 0. The van der Waals surface area contributed by atoms with Crippen LogP contribution in [0.5, 0.6) is 0 Å². The zero-order chi connectivity index (χ0) is 7.52. The molecule has 11 heavy (non-hydrogen) atoms. The van der Waals surface area contributed by atoms with Crippen molar-refractivity contribution in [2.45, 2.75) is 0 Å². The van der Waals surface area contributed by atoms with E-state index in [1.54, 1.807) is 0 Å². The minimum atomic E-state index is 0.0676. The summed E-state index contributed by atoms with van der Waals surface area (Å²) >= 11 is 1.90. The van der Waals surface area contributed by atoms with Crippen molar-refractivity contribution in [2.24, 2.45) is 10.2 Å². The van der Waals surface area contributed by atoms with Crippen LogP contribution < -0.4 is 9.66 Å². The van der Waals surface area contributed by atoms with E-state index in [4.69, 9.17) is 13.1 Å². The Morgan fingerprint density at radius 1 is 1.09 bits per heavy atom. The molecule has 0 spiro atoms. The molecule has 0 fully saturated rings. The zero-order valence-electron chi connectivity index (χ0n) is 4.94. The Bertz CT molecular complexity index is 195. The van der Waals surface area contributed by atoms with Crippen molar-refractivity contribution in [1.82, 2.24) is 9.66 Å². The molecule has 0 aliphatic carbocycles. The predicted molar refractivity (Wildman–Crippen MR) is 39.6 cm³/mol. The molecule has 0 aromatic carbocycles. The molecule has 60 valence electrons. The fourth-order valence-electron chi connectivity index (χ4n) is 0.412. The average Bonchev–Trinajstić information content (AvgIpc) is 2.60. The van der Waals surface area contributed by atoms with Crippen LogP contribution in [0.3, 0.4) is 0 Å².